The fourth-order valence-electron chi connectivity index (χ4n) is 4.45. The summed E-state index contributed by atoms with van der Waals surface area (Å²) in [5.74, 6) is -0.635. The van der Waals surface area contributed by atoms with Crippen LogP contribution in [0.3, 0.4) is 0 Å². The molecule has 0 radical (unpaired) electrons. The van der Waals surface area contributed by atoms with Crippen molar-refractivity contribution in [1.29, 1.82) is 0 Å². The smallest absolute Gasteiger partial charge is 0.407 e. The molecule has 2 aromatic rings. The lowest BCUT2D eigenvalue weighted by Gasteiger charge is -2.46. The van der Waals surface area contributed by atoms with Crippen LogP contribution in [0.1, 0.15) is 37.8 Å². The van der Waals surface area contributed by atoms with Crippen LogP contribution in [0.15, 0.2) is 45.0 Å². The van der Waals surface area contributed by atoms with E-state index in [4.69, 9.17) is 16.7 Å². The summed E-state index contributed by atoms with van der Waals surface area (Å²) < 4.78 is 65.0. The summed E-state index contributed by atoms with van der Waals surface area (Å²) in [4.78, 5) is 12.0. The molecule has 0 spiro atoms. The third kappa shape index (κ3) is 4.11. The molecule has 0 unspecified atom stereocenters. The van der Waals surface area contributed by atoms with Gasteiger partial charge in [-0.1, -0.05) is 31.5 Å². The van der Waals surface area contributed by atoms with Crippen molar-refractivity contribution in [1.82, 2.24) is 9.62 Å². The van der Waals surface area contributed by atoms with Crippen molar-refractivity contribution in [3.63, 3.8) is 0 Å². The summed E-state index contributed by atoms with van der Waals surface area (Å²) in [6, 6.07) is 5.86. The molecule has 2 heterocycles. The molecule has 1 saturated heterocycles. The highest BCUT2D eigenvalue weighted by atomic mass is 35.5. The van der Waals surface area contributed by atoms with Crippen LogP contribution in [0, 0.1) is 5.82 Å². The Balaban J connectivity index is 1.74. The molecule has 4 rings (SSSR count). The number of hydrogen-bond donors (Lipinski definition) is 4. The summed E-state index contributed by atoms with van der Waals surface area (Å²) >= 11 is 6.38. The van der Waals surface area contributed by atoms with Gasteiger partial charge in [0.05, 0.1) is 14.8 Å². The number of piperidine rings is 1. The van der Waals surface area contributed by atoms with Crippen molar-refractivity contribution >= 4 is 38.3 Å². The zero-order chi connectivity index (χ0) is 24.3. The molecule has 180 valence electrons. The first-order chi connectivity index (χ1) is 15.2. The fraction of sp³-hybridized carbons (Fsp3) is 0.381. The number of rotatable bonds is 3. The number of carbonyl (C=O) groups is 1. The first kappa shape index (κ1) is 24.2. The summed E-state index contributed by atoms with van der Waals surface area (Å²) in [7, 11) is -7.87. The highest BCUT2D eigenvalue weighted by Gasteiger charge is 2.42. The topological polar surface area (TPSA) is 127 Å². The van der Waals surface area contributed by atoms with Crippen LogP contribution in [0.5, 0.6) is 0 Å². The molecule has 1 amide bonds. The van der Waals surface area contributed by atoms with Gasteiger partial charge in [-0.05, 0) is 48.2 Å². The van der Waals surface area contributed by atoms with Crippen LogP contribution in [-0.2, 0) is 15.4 Å². The third-order valence-corrected chi connectivity index (χ3v) is 10.2. The van der Waals surface area contributed by atoms with E-state index in [1.54, 1.807) is 0 Å². The first-order valence-electron chi connectivity index (χ1n) is 10.2. The van der Waals surface area contributed by atoms with Gasteiger partial charge in [0.15, 0.2) is 0 Å². The van der Waals surface area contributed by atoms with Gasteiger partial charge in [0, 0.05) is 24.5 Å². The molecule has 2 aromatic carbocycles. The molecular formula is C21H24ClFN2O6S2. The molecule has 2 aliphatic heterocycles. The van der Waals surface area contributed by atoms with Crippen molar-refractivity contribution in [3.05, 3.63) is 52.3 Å². The fourth-order valence-corrected chi connectivity index (χ4v) is 8.43. The minimum absolute atomic E-state index is 0.0136. The Hall–Kier alpha value is -1.89. The van der Waals surface area contributed by atoms with E-state index >= 15 is 0 Å². The zero-order valence-electron chi connectivity index (χ0n) is 17.9. The molecule has 12 heteroatoms. The van der Waals surface area contributed by atoms with E-state index in [1.807, 2.05) is 13.8 Å². The van der Waals surface area contributed by atoms with Crippen molar-refractivity contribution in [2.75, 3.05) is 13.1 Å². The molecule has 1 fully saturated rings. The van der Waals surface area contributed by atoms with Gasteiger partial charge in [0.25, 0.3) is 0 Å². The Morgan fingerprint density at radius 2 is 1.76 bits per heavy atom. The zero-order valence-corrected chi connectivity index (χ0v) is 20.3. The molecule has 0 saturated carbocycles. The second-order valence-corrected chi connectivity index (χ2v) is 12.8. The van der Waals surface area contributed by atoms with Crippen molar-refractivity contribution in [2.45, 2.75) is 52.8 Å². The number of hydrogen-bond acceptors (Lipinski definition) is 5. The molecule has 8 nitrogen and oxygen atoms in total. The number of fused-ring (bicyclic) bond motifs is 2. The molecule has 0 aliphatic carbocycles. The number of halogens is 2. The second kappa shape index (κ2) is 8.10. The lowest BCUT2D eigenvalue weighted by Crippen LogP contribution is -2.46. The minimum atomic E-state index is -4.17. The van der Waals surface area contributed by atoms with Crippen LogP contribution in [0.4, 0.5) is 9.18 Å². The number of sulfonamides is 1. The molecule has 0 aromatic heterocycles. The van der Waals surface area contributed by atoms with Crippen LogP contribution in [0.2, 0.25) is 5.02 Å². The second-order valence-electron chi connectivity index (χ2n) is 8.76. The highest BCUT2D eigenvalue weighted by molar-refractivity contribution is 8.24. The number of amides is 1. The number of nitrogens with zero attached hydrogens (tertiary/aromatic N) is 1. The van der Waals surface area contributed by atoms with Crippen LogP contribution < -0.4 is 4.72 Å². The maximum absolute atomic E-state index is 14.0. The first-order valence-corrected chi connectivity index (χ1v) is 13.6. The molecule has 33 heavy (non-hydrogen) atoms. The van der Waals surface area contributed by atoms with E-state index in [0.717, 1.165) is 12.1 Å². The SMILES string of the molecule is CC1(C)c2ccc(F)cc2S(O)(O)c2cc(S(=O)(=O)NC3CCN(C(=O)O)CC3)c(Cl)cc21. The summed E-state index contributed by atoms with van der Waals surface area (Å²) in [5, 5.41) is 8.98. The monoisotopic (exact) mass is 518 g/mol. The van der Waals surface area contributed by atoms with Crippen molar-refractivity contribution in [3.8, 4) is 0 Å². The van der Waals surface area contributed by atoms with Gasteiger partial charge in [0.2, 0.25) is 10.0 Å². The van der Waals surface area contributed by atoms with E-state index in [1.165, 1.54) is 23.1 Å². The van der Waals surface area contributed by atoms with Gasteiger partial charge < -0.3 is 10.0 Å². The molecule has 4 N–H and O–H groups in total. The van der Waals surface area contributed by atoms with Crippen molar-refractivity contribution < 1.29 is 31.8 Å². The van der Waals surface area contributed by atoms with Gasteiger partial charge in [0.1, 0.15) is 10.7 Å². The molecule has 0 bridgehead atoms. The Labute approximate surface area is 197 Å². The van der Waals surface area contributed by atoms with Crippen LogP contribution in [0.25, 0.3) is 0 Å². The van der Waals surface area contributed by atoms with Gasteiger partial charge in [-0.15, -0.1) is 10.6 Å². The summed E-state index contributed by atoms with van der Waals surface area (Å²) in [6.07, 6.45) is -0.468. The highest BCUT2D eigenvalue weighted by Crippen LogP contribution is 2.65. The van der Waals surface area contributed by atoms with E-state index < -0.39 is 44.0 Å². The predicted octanol–water partition coefficient (Wildman–Crippen LogP) is 4.71. The Morgan fingerprint density at radius 1 is 1.15 bits per heavy atom. The lowest BCUT2D eigenvalue weighted by molar-refractivity contribution is 0.131. The number of nitrogens with one attached hydrogen (secondary N) is 1. The van der Waals surface area contributed by atoms with E-state index in [0.29, 0.717) is 24.0 Å². The maximum atomic E-state index is 14.0. The van der Waals surface area contributed by atoms with Gasteiger partial charge >= 0.3 is 6.09 Å². The predicted molar refractivity (Wildman–Crippen MR) is 122 cm³/mol. The van der Waals surface area contributed by atoms with Crippen LogP contribution >= 0.6 is 22.2 Å². The quantitative estimate of drug-likeness (QED) is 0.466. The summed E-state index contributed by atoms with van der Waals surface area (Å²) in [6.45, 7) is 4.02. The Morgan fingerprint density at radius 3 is 2.36 bits per heavy atom. The Bertz CT molecular complexity index is 1240. The lowest BCUT2D eigenvalue weighted by atomic mass is 9.77. The number of likely N-dealkylation sites (tertiary alicyclic amines) is 1. The Kier molecular flexibility index (Phi) is 5.95. The normalized spacial score (nSPS) is 20.6. The minimum Gasteiger partial charge on any atom is -0.465 e. The van der Waals surface area contributed by atoms with E-state index in [-0.39, 0.29) is 32.8 Å². The van der Waals surface area contributed by atoms with E-state index in [9.17, 15) is 26.7 Å². The number of benzene rings is 2. The molecule has 0 atom stereocenters. The van der Waals surface area contributed by atoms with Gasteiger partial charge in [-0.3, -0.25) is 9.11 Å². The standard InChI is InChI=1S/C21H24ClFN2O6S2/c1-21(2)14-4-3-12(23)9-17(14)32(28,29)18-11-19(16(22)10-15(18)21)33(30,31)24-13-5-7-25(8-6-13)20(26)27/h3-4,9-11,13,24,28-29H,5-8H2,1-2H3,(H,26,27). The van der Waals surface area contributed by atoms with Gasteiger partial charge in [-0.25, -0.2) is 22.3 Å². The number of carboxylic acid groups (broad SMARTS) is 1. The average Bonchev–Trinajstić information content (AvgIpc) is 2.72. The van der Waals surface area contributed by atoms with Gasteiger partial charge in [-0.2, -0.15) is 0 Å². The van der Waals surface area contributed by atoms with Crippen LogP contribution in [-0.4, -0.2) is 52.8 Å². The average molecular weight is 519 g/mol. The van der Waals surface area contributed by atoms with Crippen molar-refractivity contribution in [2.24, 2.45) is 0 Å². The molecule has 2 aliphatic rings. The third-order valence-electron chi connectivity index (χ3n) is 6.31. The summed E-state index contributed by atoms with van der Waals surface area (Å²) in [5.41, 5.74) is 0.176. The largest absolute Gasteiger partial charge is 0.465 e. The molecular weight excluding hydrogens is 495 g/mol. The maximum Gasteiger partial charge on any atom is 0.407 e. The van der Waals surface area contributed by atoms with E-state index in [2.05, 4.69) is 4.72 Å².